The van der Waals surface area contributed by atoms with E-state index >= 15 is 0 Å². The summed E-state index contributed by atoms with van der Waals surface area (Å²) in [6.07, 6.45) is 4.99. The van der Waals surface area contributed by atoms with Crippen LogP contribution in [0.3, 0.4) is 0 Å². The molecule has 0 radical (unpaired) electrons. The van der Waals surface area contributed by atoms with E-state index < -0.39 is 0 Å². The van der Waals surface area contributed by atoms with Gasteiger partial charge in [0, 0.05) is 6.42 Å². The summed E-state index contributed by atoms with van der Waals surface area (Å²) >= 11 is 0. The molecule has 0 aromatic heterocycles. The molecule has 0 aromatic carbocycles. The van der Waals surface area contributed by atoms with Crippen LogP contribution in [0, 0.1) is 0 Å². The Morgan fingerprint density at radius 1 is 0.381 bits per heavy atom. The van der Waals surface area contributed by atoms with Crippen molar-refractivity contribution in [2.75, 3.05) is 133 Å². The van der Waals surface area contributed by atoms with E-state index in [2.05, 4.69) is 11.7 Å². The molecule has 0 N–H and O–H groups in total. The van der Waals surface area contributed by atoms with Crippen LogP contribution in [0.15, 0.2) is 0 Å². The highest BCUT2D eigenvalue weighted by Gasteiger charge is 2.02. The molecule has 0 saturated heterocycles. The molecule has 0 aliphatic rings. The summed E-state index contributed by atoms with van der Waals surface area (Å²) in [5, 5.41) is 0. The SMILES string of the molecule is CCCCCCC(=O)OCCOCCOCCOCCOCCOCCOCCOCCOCCOCCC(=O)OC. The minimum absolute atomic E-state index is 0.155. The van der Waals surface area contributed by atoms with Crippen molar-refractivity contribution in [3.8, 4) is 0 Å². The van der Waals surface area contributed by atoms with Crippen LogP contribution in [0.2, 0.25) is 0 Å². The average Bonchev–Trinajstić information content (AvgIpc) is 3.00. The fraction of sp³-hybridized carbons (Fsp3) is 0.931. The molecule has 0 atom stereocenters. The highest BCUT2D eigenvalue weighted by molar-refractivity contribution is 5.69. The predicted molar refractivity (Wildman–Crippen MR) is 154 cm³/mol. The topological polar surface area (TPSA) is 136 Å². The van der Waals surface area contributed by atoms with Crippen LogP contribution in [0.1, 0.15) is 45.4 Å². The smallest absolute Gasteiger partial charge is 0.307 e. The Kier molecular flexibility index (Phi) is 34.6. The lowest BCUT2D eigenvalue weighted by atomic mass is 10.2. The maximum atomic E-state index is 11.5. The van der Waals surface area contributed by atoms with Gasteiger partial charge in [-0.1, -0.05) is 26.2 Å². The number of esters is 2. The molecule has 0 heterocycles. The largest absolute Gasteiger partial charge is 0.469 e. The number of rotatable bonds is 35. The molecular formula is C29H56O13. The monoisotopic (exact) mass is 612 g/mol. The number of carbonyl (C=O) groups excluding carboxylic acids is 2. The second-order valence-corrected chi connectivity index (χ2v) is 8.87. The van der Waals surface area contributed by atoms with Crippen LogP contribution in [0.5, 0.6) is 0 Å². The predicted octanol–water partition coefficient (Wildman–Crippen LogP) is 2.21. The molecule has 0 fully saturated rings. The van der Waals surface area contributed by atoms with E-state index in [1.807, 2.05) is 0 Å². The van der Waals surface area contributed by atoms with Crippen LogP contribution >= 0.6 is 0 Å². The average molecular weight is 613 g/mol. The number of hydrogen-bond donors (Lipinski definition) is 0. The lowest BCUT2D eigenvalue weighted by molar-refractivity contribution is -0.145. The van der Waals surface area contributed by atoms with E-state index in [9.17, 15) is 9.59 Å². The zero-order valence-electron chi connectivity index (χ0n) is 26.0. The van der Waals surface area contributed by atoms with Crippen molar-refractivity contribution in [2.24, 2.45) is 0 Å². The van der Waals surface area contributed by atoms with Crippen LogP contribution in [0.4, 0.5) is 0 Å². The fourth-order valence-electron chi connectivity index (χ4n) is 3.10. The zero-order chi connectivity index (χ0) is 30.6. The van der Waals surface area contributed by atoms with Crippen LogP contribution < -0.4 is 0 Å². The summed E-state index contributed by atoms with van der Waals surface area (Å²) in [5.41, 5.74) is 0. The molecule has 0 saturated carbocycles. The summed E-state index contributed by atoms with van der Waals surface area (Å²) in [5.74, 6) is -0.443. The molecular weight excluding hydrogens is 556 g/mol. The van der Waals surface area contributed by atoms with Crippen molar-refractivity contribution in [3.63, 3.8) is 0 Å². The second kappa shape index (κ2) is 35.8. The molecule has 0 rings (SSSR count). The molecule has 0 spiro atoms. The highest BCUT2D eigenvalue weighted by atomic mass is 16.6. The highest BCUT2D eigenvalue weighted by Crippen LogP contribution is 2.03. The minimum Gasteiger partial charge on any atom is -0.469 e. The first-order valence-electron chi connectivity index (χ1n) is 15.1. The Balaban J connectivity index is 3.09. The zero-order valence-corrected chi connectivity index (χ0v) is 26.0. The van der Waals surface area contributed by atoms with Gasteiger partial charge in [-0.15, -0.1) is 0 Å². The maximum Gasteiger partial charge on any atom is 0.307 e. The van der Waals surface area contributed by atoms with Gasteiger partial charge >= 0.3 is 11.9 Å². The first-order valence-corrected chi connectivity index (χ1v) is 15.1. The Labute approximate surface area is 252 Å². The molecule has 250 valence electrons. The van der Waals surface area contributed by atoms with Crippen molar-refractivity contribution in [1.82, 2.24) is 0 Å². The third-order valence-corrected chi connectivity index (χ3v) is 5.38. The van der Waals surface area contributed by atoms with E-state index in [0.29, 0.717) is 125 Å². The van der Waals surface area contributed by atoms with Gasteiger partial charge in [-0.2, -0.15) is 0 Å². The maximum absolute atomic E-state index is 11.5. The van der Waals surface area contributed by atoms with Crippen LogP contribution in [-0.2, 0) is 61.7 Å². The minimum atomic E-state index is -0.287. The van der Waals surface area contributed by atoms with Gasteiger partial charge in [0.25, 0.3) is 0 Å². The number of carbonyl (C=O) groups is 2. The molecule has 0 amide bonds. The standard InChI is InChI=1S/C29H56O13/c1-3-4-5-6-7-29(31)42-27-26-41-25-24-40-23-22-39-21-20-38-19-18-37-17-16-36-15-14-35-13-12-34-11-10-33-9-8-28(30)32-2/h3-27H2,1-2H3. The van der Waals surface area contributed by atoms with E-state index in [0.717, 1.165) is 25.7 Å². The molecule has 0 aromatic rings. The summed E-state index contributed by atoms with van der Waals surface area (Å²) in [6, 6.07) is 0. The van der Waals surface area contributed by atoms with E-state index in [1.165, 1.54) is 7.11 Å². The first kappa shape index (κ1) is 40.6. The molecule has 42 heavy (non-hydrogen) atoms. The van der Waals surface area contributed by atoms with Crippen LogP contribution in [-0.4, -0.2) is 145 Å². The fourth-order valence-corrected chi connectivity index (χ4v) is 3.10. The van der Waals surface area contributed by atoms with Crippen molar-refractivity contribution >= 4 is 11.9 Å². The van der Waals surface area contributed by atoms with Crippen molar-refractivity contribution < 1.29 is 61.7 Å². The molecule has 0 aliphatic heterocycles. The van der Waals surface area contributed by atoms with Crippen molar-refractivity contribution in [2.45, 2.75) is 45.4 Å². The normalized spacial score (nSPS) is 11.2. The lowest BCUT2D eigenvalue weighted by Gasteiger charge is -2.09. The van der Waals surface area contributed by atoms with Gasteiger partial charge in [0.1, 0.15) is 6.61 Å². The van der Waals surface area contributed by atoms with Crippen molar-refractivity contribution in [1.29, 1.82) is 0 Å². The molecule has 0 unspecified atom stereocenters. The van der Waals surface area contributed by atoms with E-state index in [-0.39, 0.29) is 25.0 Å². The van der Waals surface area contributed by atoms with Gasteiger partial charge in [0.2, 0.25) is 0 Å². The number of unbranched alkanes of at least 4 members (excludes halogenated alkanes) is 3. The Morgan fingerprint density at radius 2 is 0.714 bits per heavy atom. The number of methoxy groups -OCH3 is 1. The molecule has 0 aliphatic carbocycles. The van der Waals surface area contributed by atoms with Gasteiger partial charge < -0.3 is 52.1 Å². The molecule has 0 bridgehead atoms. The van der Waals surface area contributed by atoms with Gasteiger partial charge in [0.05, 0.1) is 132 Å². The lowest BCUT2D eigenvalue weighted by Crippen LogP contribution is -2.15. The third kappa shape index (κ3) is 34.8. The molecule has 13 heteroatoms. The third-order valence-electron chi connectivity index (χ3n) is 5.38. The van der Waals surface area contributed by atoms with Crippen molar-refractivity contribution in [3.05, 3.63) is 0 Å². The summed E-state index contributed by atoms with van der Waals surface area (Å²) in [4.78, 5) is 22.4. The van der Waals surface area contributed by atoms with E-state index in [4.69, 9.17) is 47.4 Å². The number of ether oxygens (including phenoxy) is 11. The molecule has 13 nitrogen and oxygen atoms in total. The Bertz CT molecular complexity index is 566. The van der Waals surface area contributed by atoms with Gasteiger partial charge in [-0.05, 0) is 6.42 Å². The summed E-state index contributed by atoms with van der Waals surface area (Å²) < 4.78 is 58.3. The van der Waals surface area contributed by atoms with Gasteiger partial charge in [0.15, 0.2) is 0 Å². The number of hydrogen-bond acceptors (Lipinski definition) is 13. The van der Waals surface area contributed by atoms with Gasteiger partial charge in [-0.25, -0.2) is 0 Å². The van der Waals surface area contributed by atoms with Crippen LogP contribution in [0.25, 0.3) is 0 Å². The Morgan fingerprint density at radius 3 is 1.05 bits per heavy atom. The summed E-state index contributed by atoms with van der Waals surface area (Å²) in [7, 11) is 1.35. The second-order valence-electron chi connectivity index (χ2n) is 8.87. The summed E-state index contributed by atoms with van der Waals surface area (Å²) in [6.45, 7) is 10.7. The van der Waals surface area contributed by atoms with Gasteiger partial charge in [-0.3, -0.25) is 9.59 Å². The quantitative estimate of drug-likeness (QED) is 0.0765. The Hall–Kier alpha value is -1.42. The van der Waals surface area contributed by atoms with E-state index in [1.54, 1.807) is 0 Å². The first-order chi connectivity index (χ1) is 20.7.